The van der Waals surface area contributed by atoms with Crippen molar-refractivity contribution in [3.05, 3.63) is 0 Å². The number of hydrogen-bond donors (Lipinski definition) is 3. The number of aliphatic hydroxyl groups is 3. The van der Waals surface area contributed by atoms with Gasteiger partial charge in [-0.15, -0.1) is 0 Å². The van der Waals surface area contributed by atoms with Gasteiger partial charge < -0.3 is 15.3 Å². The van der Waals surface area contributed by atoms with E-state index in [2.05, 4.69) is 0 Å². The van der Waals surface area contributed by atoms with Crippen molar-refractivity contribution in [2.75, 3.05) is 0 Å². The molecule has 0 radical (unpaired) electrons. The molecular weight excluding hydrogens is 199 g/mol. The molecule has 0 amide bonds. The molecule has 0 aromatic heterocycles. The van der Waals surface area contributed by atoms with Crippen LogP contribution >= 0.6 is 0 Å². The summed E-state index contributed by atoms with van der Waals surface area (Å²) in [5, 5.41) is 25.6. The first-order valence-corrected chi connectivity index (χ1v) is 5.17. The van der Waals surface area contributed by atoms with Gasteiger partial charge in [0.15, 0.2) is 0 Å². The maximum absolute atomic E-state index is 8.52. The molecule has 0 atom stereocenters. The van der Waals surface area contributed by atoms with E-state index in [9.17, 15) is 0 Å². The Labute approximate surface area is 115 Å². The molecule has 3 N–H and O–H groups in total. The molecular formula is C12H33LiO3. The Morgan fingerprint density at radius 1 is 0.500 bits per heavy atom. The first-order valence-electron chi connectivity index (χ1n) is 5.17. The van der Waals surface area contributed by atoms with Gasteiger partial charge in [-0.2, -0.15) is 0 Å². The van der Waals surface area contributed by atoms with Crippen LogP contribution in [0.3, 0.4) is 0 Å². The van der Waals surface area contributed by atoms with Gasteiger partial charge >= 0.3 is 18.9 Å². The molecule has 0 heterocycles. The molecule has 0 spiro atoms. The van der Waals surface area contributed by atoms with Crippen molar-refractivity contribution in [3.8, 4) is 0 Å². The van der Waals surface area contributed by atoms with Crippen molar-refractivity contribution in [2.45, 2.75) is 79.1 Å². The van der Waals surface area contributed by atoms with Gasteiger partial charge in [-0.3, -0.25) is 0 Å². The van der Waals surface area contributed by atoms with Gasteiger partial charge in [0.1, 0.15) is 0 Å². The first-order chi connectivity index (χ1) is 6.00. The Hall–Kier alpha value is 0.477. The van der Waals surface area contributed by atoms with E-state index in [1.165, 1.54) is 0 Å². The molecule has 4 heteroatoms. The van der Waals surface area contributed by atoms with E-state index in [1.54, 1.807) is 62.3 Å². The third-order valence-corrected chi connectivity index (χ3v) is 0. The Kier molecular flexibility index (Phi) is 15.1. The molecule has 100 valence electrons. The standard InChI is InChI=1S/3C4H10O.Li.H2.H/c3*1-4(2,3)5;;;/h3*5H,1-3H3;;1H;. The van der Waals surface area contributed by atoms with Crippen LogP contribution in [0.5, 0.6) is 0 Å². The average Bonchev–Trinajstić information content (AvgIpc) is 1.41. The average molecular weight is 232 g/mol. The third kappa shape index (κ3) is 11500. The van der Waals surface area contributed by atoms with Crippen LogP contribution in [-0.2, 0) is 0 Å². The van der Waals surface area contributed by atoms with Gasteiger partial charge in [0.2, 0.25) is 0 Å². The van der Waals surface area contributed by atoms with Crippen LogP contribution in [0.1, 0.15) is 63.7 Å². The summed E-state index contributed by atoms with van der Waals surface area (Å²) in [6, 6.07) is 0. The second kappa shape index (κ2) is 9.50. The SMILES string of the molecule is CC(C)(C)O.CC(C)(C)O.CC(C)(C)O.[HH].[LiH]. The van der Waals surface area contributed by atoms with Gasteiger partial charge in [-0.1, -0.05) is 0 Å². The predicted octanol–water partition coefficient (Wildman–Crippen LogP) is 1.93. The van der Waals surface area contributed by atoms with Crippen LogP contribution in [0.25, 0.3) is 0 Å². The molecule has 0 aliphatic carbocycles. The second-order valence-electron chi connectivity index (χ2n) is 6.51. The van der Waals surface area contributed by atoms with E-state index in [1.807, 2.05) is 0 Å². The predicted molar refractivity (Wildman–Crippen MR) is 75.2 cm³/mol. The van der Waals surface area contributed by atoms with Crippen molar-refractivity contribution in [1.82, 2.24) is 0 Å². The van der Waals surface area contributed by atoms with Crippen molar-refractivity contribution in [3.63, 3.8) is 0 Å². The third-order valence-electron chi connectivity index (χ3n) is 0. The van der Waals surface area contributed by atoms with Crippen LogP contribution in [0.2, 0.25) is 0 Å². The summed E-state index contributed by atoms with van der Waals surface area (Å²) in [4.78, 5) is 0. The second-order valence-corrected chi connectivity index (χ2v) is 6.51. The molecule has 0 aromatic rings. The molecule has 0 bridgehead atoms. The van der Waals surface area contributed by atoms with Crippen molar-refractivity contribution in [2.24, 2.45) is 0 Å². The van der Waals surface area contributed by atoms with Crippen LogP contribution in [0.15, 0.2) is 0 Å². The van der Waals surface area contributed by atoms with Crippen LogP contribution in [-0.4, -0.2) is 51.0 Å². The summed E-state index contributed by atoms with van der Waals surface area (Å²) >= 11 is 0. The zero-order valence-electron chi connectivity index (χ0n) is 11.8. The Morgan fingerprint density at radius 2 is 0.500 bits per heavy atom. The first kappa shape index (κ1) is 25.4. The van der Waals surface area contributed by atoms with Gasteiger partial charge in [0.05, 0.1) is 16.8 Å². The van der Waals surface area contributed by atoms with E-state index in [0.717, 1.165) is 0 Å². The topological polar surface area (TPSA) is 60.7 Å². The minimum atomic E-state index is -0.500. The van der Waals surface area contributed by atoms with Crippen LogP contribution < -0.4 is 0 Å². The van der Waals surface area contributed by atoms with E-state index >= 15 is 0 Å². The van der Waals surface area contributed by atoms with E-state index < -0.39 is 16.8 Å². The van der Waals surface area contributed by atoms with E-state index in [-0.39, 0.29) is 20.3 Å². The molecule has 0 saturated heterocycles. The summed E-state index contributed by atoms with van der Waals surface area (Å²) in [5.41, 5.74) is -1.50. The fraction of sp³-hybridized carbons (Fsp3) is 1.00. The van der Waals surface area contributed by atoms with Gasteiger partial charge in [0, 0.05) is 1.43 Å². The Morgan fingerprint density at radius 3 is 0.500 bits per heavy atom. The van der Waals surface area contributed by atoms with Crippen LogP contribution in [0, 0.1) is 0 Å². The zero-order valence-corrected chi connectivity index (χ0v) is 11.8. The molecule has 0 fully saturated rings. The number of rotatable bonds is 0. The minimum absolute atomic E-state index is 0. The fourth-order valence-electron chi connectivity index (χ4n) is 0. The van der Waals surface area contributed by atoms with Gasteiger partial charge in [-0.25, -0.2) is 0 Å². The van der Waals surface area contributed by atoms with Crippen molar-refractivity contribution < 1.29 is 16.7 Å². The normalized spacial score (nSPS) is 11.2. The van der Waals surface area contributed by atoms with Gasteiger partial charge in [-0.05, 0) is 62.3 Å². The van der Waals surface area contributed by atoms with Crippen LogP contribution in [0.4, 0.5) is 0 Å². The van der Waals surface area contributed by atoms with Crippen molar-refractivity contribution >= 4 is 18.9 Å². The summed E-state index contributed by atoms with van der Waals surface area (Å²) in [7, 11) is 0. The van der Waals surface area contributed by atoms with E-state index in [4.69, 9.17) is 15.3 Å². The molecule has 0 rings (SSSR count). The Bertz CT molecular complexity index is 96.8. The summed E-state index contributed by atoms with van der Waals surface area (Å²) in [6.45, 7) is 15.7. The monoisotopic (exact) mass is 232 g/mol. The Balaban J connectivity index is -0.0000000400. The van der Waals surface area contributed by atoms with E-state index in [0.29, 0.717) is 0 Å². The summed E-state index contributed by atoms with van der Waals surface area (Å²) in [6.07, 6.45) is 0. The zero-order chi connectivity index (χ0) is 13.5. The molecule has 0 saturated carbocycles. The molecule has 0 aromatic carbocycles. The molecule has 0 aliphatic heterocycles. The summed E-state index contributed by atoms with van der Waals surface area (Å²) < 4.78 is 0. The quantitative estimate of drug-likeness (QED) is 0.559. The molecule has 3 nitrogen and oxygen atoms in total. The molecule has 0 aliphatic rings. The maximum atomic E-state index is 8.52. The molecule has 16 heavy (non-hydrogen) atoms. The van der Waals surface area contributed by atoms with Gasteiger partial charge in [0.25, 0.3) is 0 Å². The number of hydrogen-bond acceptors (Lipinski definition) is 3. The molecule has 0 unspecified atom stereocenters. The van der Waals surface area contributed by atoms with Crippen molar-refractivity contribution in [1.29, 1.82) is 0 Å². The fourth-order valence-corrected chi connectivity index (χ4v) is 0. The summed E-state index contributed by atoms with van der Waals surface area (Å²) in [5.74, 6) is 0.